The third-order valence-electron chi connectivity index (χ3n) is 6.04. The van der Waals surface area contributed by atoms with Gasteiger partial charge in [0.2, 0.25) is 11.7 Å². The first-order valence-electron chi connectivity index (χ1n) is 13.0. The Balaban J connectivity index is 1.59. The first kappa shape index (κ1) is 29.6. The van der Waals surface area contributed by atoms with Crippen molar-refractivity contribution in [1.29, 1.82) is 0 Å². The second-order valence-corrected chi connectivity index (χ2v) is 13.3. The average molecular weight is 582 g/mol. The highest BCUT2D eigenvalue weighted by molar-refractivity contribution is 7.92. The maximum absolute atomic E-state index is 13.0. The second kappa shape index (κ2) is 11.3. The van der Waals surface area contributed by atoms with Crippen LogP contribution in [0.25, 0.3) is 0 Å². The van der Waals surface area contributed by atoms with Crippen LogP contribution in [0.2, 0.25) is 0 Å². The normalized spacial score (nSPS) is 16.7. The zero-order valence-corrected chi connectivity index (χ0v) is 24.3. The molecule has 4 rings (SSSR count). The number of carbonyl (C=O) groups excluding carboxylic acids is 2. The van der Waals surface area contributed by atoms with E-state index in [-0.39, 0.29) is 11.4 Å². The van der Waals surface area contributed by atoms with E-state index in [0.29, 0.717) is 34.2 Å². The molecular weight excluding hydrogens is 546 g/mol. The van der Waals surface area contributed by atoms with E-state index in [1.807, 2.05) is 0 Å². The van der Waals surface area contributed by atoms with Crippen molar-refractivity contribution in [3.05, 3.63) is 72.1 Å². The van der Waals surface area contributed by atoms with Gasteiger partial charge in [0.05, 0.1) is 21.5 Å². The Morgan fingerprint density at radius 1 is 1.10 bits per heavy atom. The molecule has 41 heavy (non-hydrogen) atoms. The summed E-state index contributed by atoms with van der Waals surface area (Å²) in [7, 11) is -3.59. The number of amidine groups is 1. The molecule has 0 spiro atoms. The second-order valence-electron chi connectivity index (χ2n) is 10.8. The Kier molecular flexibility index (Phi) is 8.13. The lowest BCUT2D eigenvalue weighted by atomic mass is 10.1. The zero-order chi connectivity index (χ0) is 30.0. The highest BCUT2D eigenvalue weighted by Gasteiger charge is 2.35. The van der Waals surface area contributed by atoms with Crippen molar-refractivity contribution in [2.45, 2.75) is 56.2 Å². The number of alkyl carbamates (subject to hydrolysis) is 1. The van der Waals surface area contributed by atoms with Gasteiger partial charge in [0, 0.05) is 17.4 Å². The highest BCUT2D eigenvalue weighted by Crippen LogP contribution is 2.33. The highest BCUT2D eigenvalue weighted by atomic mass is 32.2. The third-order valence-corrected chi connectivity index (χ3v) is 8.25. The molecule has 0 bridgehead atoms. The fourth-order valence-electron chi connectivity index (χ4n) is 4.07. The van der Waals surface area contributed by atoms with Crippen molar-refractivity contribution < 1.29 is 22.7 Å². The zero-order valence-electron chi connectivity index (χ0n) is 23.5. The quantitative estimate of drug-likeness (QED) is 0.244. The number of ether oxygens (including phenoxy) is 1. The minimum Gasteiger partial charge on any atom is -0.444 e. The molecule has 7 N–H and O–H groups in total. The molecule has 1 unspecified atom stereocenters. The number of sulfone groups is 1. The number of fused-ring (bicyclic) bond motifs is 1. The Morgan fingerprint density at radius 3 is 2.54 bits per heavy atom. The van der Waals surface area contributed by atoms with Gasteiger partial charge in [-0.25, -0.2) is 18.2 Å². The van der Waals surface area contributed by atoms with E-state index in [9.17, 15) is 18.0 Å². The summed E-state index contributed by atoms with van der Waals surface area (Å²) in [5, 5.41) is 10.9. The summed E-state index contributed by atoms with van der Waals surface area (Å²) >= 11 is 0. The Bertz CT molecular complexity index is 1590. The number of rotatable bonds is 7. The smallest absolute Gasteiger partial charge is 0.408 e. The lowest BCUT2D eigenvalue weighted by molar-refractivity contribution is -0.115. The van der Waals surface area contributed by atoms with Crippen LogP contribution in [0.5, 0.6) is 0 Å². The van der Waals surface area contributed by atoms with E-state index in [1.54, 1.807) is 95.4 Å². The van der Waals surface area contributed by atoms with Crippen molar-refractivity contribution in [2.24, 2.45) is 10.7 Å². The van der Waals surface area contributed by atoms with Crippen LogP contribution in [-0.2, 0) is 25.2 Å². The molecule has 0 fully saturated rings. The first-order chi connectivity index (χ1) is 19.2. The van der Waals surface area contributed by atoms with Crippen LogP contribution in [0.4, 0.5) is 21.9 Å². The number of nitrogens with two attached hydrogens (primary N) is 1. The van der Waals surface area contributed by atoms with E-state index in [4.69, 9.17) is 15.5 Å². The van der Waals surface area contributed by atoms with Gasteiger partial charge in [-0.3, -0.25) is 10.5 Å². The van der Waals surface area contributed by atoms with Gasteiger partial charge in [-0.1, -0.05) is 24.3 Å². The molecule has 2 heterocycles. The predicted molar refractivity (Wildman–Crippen MR) is 159 cm³/mol. The molecule has 0 saturated carbocycles. The number of amides is 2. The van der Waals surface area contributed by atoms with Crippen molar-refractivity contribution in [1.82, 2.24) is 10.3 Å². The van der Waals surface area contributed by atoms with Crippen LogP contribution in [0.3, 0.4) is 0 Å². The van der Waals surface area contributed by atoms with Crippen molar-refractivity contribution in [3.8, 4) is 0 Å². The molecule has 13 heteroatoms. The number of hydrogen-bond acceptors (Lipinski definition) is 9. The molecular formula is C28H35N7O5S. The molecule has 1 atom stereocenters. The van der Waals surface area contributed by atoms with Crippen LogP contribution >= 0.6 is 0 Å². The number of aromatic amines is 1. The fourth-order valence-corrected chi connectivity index (χ4v) is 5.27. The monoisotopic (exact) mass is 581 g/mol. The molecule has 1 aromatic heterocycles. The van der Waals surface area contributed by atoms with Gasteiger partial charge < -0.3 is 31.0 Å². The first-order valence-corrected chi connectivity index (χ1v) is 14.5. The number of benzene rings is 2. The summed E-state index contributed by atoms with van der Waals surface area (Å²) in [6.45, 7) is 8.15. The number of H-pyrrole nitrogens is 1. The number of aromatic nitrogens is 1. The number of anilines is 3. The molecule has 0 saturated heterocycles. The van der Waals surface area contributed by atoms with E-state index >= 15 is 0 Å². The van der Waals surface area contributed by atoms with Crippen LogP contribution in [0.15, 0.2) is 70.7 Å². The van der Waals surface area contributed by atoms with Crippen molar-refractivity contribution >= 4 is 44.7 Å². The van der Waals surface area contributed by atoms with Crippen LogP contribution < -0.4 is 27.0 Å². The maximum Gasteiger partial charge on any atom is 0.408 e. The molecule has 0 radical (unpaired) electrons. The van der Waals surface area contributed by atoms with E-state index < -0.39 is 38.5 Å². The summed E-state index contributed by atoms with van der Waals surface area (Å²) in [5.41, 5.74) is 8.64. The number of aliphatic imine (C=N–C) groups is 1. The minimum absolute atomic E-state index is 0.150. The lowest BCUT2D eigenvalue weighted by Gasteiger charge is -2.33. The third kappa shape index (κ3) is 6.87. The van der Waals surface area contributed by atoms with Crippen molar-refractivity contribution in [3.63, 3.8) is 0 Å². The number of nitrogens with one attached hydrogen (secondary N) is 5. The van der Waals surface area contributed by atoms with E-state index in [2.05, 4.69) is 26.3 Å². The Labute approximate surface area is 239 Å². The molecule has 12 nitrogen and oxygen atoms in total. The fraction of sp³-hybridized carbons (Fsp3) is 0.321. The largest absolute Gasteiger partial charge is 0.444 e. The lowest BCUT2D eigenvalue weighted by Crippen LogP contribution is -2.47. The summed E-state index contributed by atoms with van der Waals surface area (Å²) in [6, 6.07) is 15.2. The van der Waals surface area contributed by atoms with Crippen LogP contribution in [0.1, 0.15) is 45.9 Å². The minimum atomic E-state index is -3.59. The van der Waals surface area contributed by atoms with Gasteiger partial charge >= 0.3 is 6.09 Å². The Morgan fingerprint density at radius 2 is 1.83 bits per heavy atom. The predicted octanol–water partition coefficient (Wildman–Crippen LogP) is 3.71. The molecule has 3 aromatic rings. The van der Waals surface area contributed by atoms with Gasteiger partial charge in [-0.15, -0.1) is 0 Å². The van der Waals surface area contributed by atoms with E-state index in [1.165, 1.54) is 0 Å². The average Bonchev–Trinajstić information content (AvgIpc) is 3.35. The molecule has 2 amide bonds. The van der Waals surface area contributed by atoms with Crippen LogP contribution in [-0.4, -0.2) is 48.6 Å². The van der Waals surface area contributed by atoms with Crippen molar-refractivity contribution in [2.75, 3.05) is 22.5 Å². The Hall–Kier alpha value is -4.36. The summed E-state index contributed by atoms with van der Waals surface area (Å²) in [5.74, 6) is -1.61. The molecule has 1 aliphatic heterocycles. The van der Waals surface area contributed by atoms with Gasteiger partial charge in [0.1, 0.15) is 17.8 Å². The van der Waals surface area contributed by atoms with Gasteiger partial charge in [0.15, 0.2) is 15.7 Å². The summed E-state index contributed by atoms with van der Waals surface area (Å²) < 4.78 is 31.2. The van der Waals surface area contributed by atoms with Gasteiger partial charge in [-0.05, 0) is 65.0 Å². The summed E-state index contributed by atoms with van der Waals surface area (Å²) in [4.78, 5) is 32.3. The number of carbonyl (C=O) groups is 2. The number of hydrogen-bond donors (Lipinski definition) is 6. The van der Waals surface area contributed by atoms with Crippen LogP contribution in [0, 0.1) is 0 Å². The summed E-state index contributed by atoms with van der Waals surface area (Å²) in [6.07, 6.45) is 1.01. The molecule has 0 aliphatic carbocycles. The number of para-hydroxylation sites is 1. The van der Waals surface area contributed by atoms with E-state index in [0.717, 1.165) is 0 Å². The number of nitrogens with zero attached hydrogens (tertiary/aromatic N) is 1. The molecule has 218 valence electrons. The molecule has 1 aliphatic rings. The standard InChI is InChI=1S/C28H35N7O5S/c1-17(2)41(38,39)22-12-7-6-11-20(22)33-25-24-21(13-14-30-24)34-28(29,35-25)18-9-8-10-19(15-18)32-23(36)16-31-26(37)40-27(3,4)5/h6-15,17,30,34H,16,29H2,1-5H3,(H,31,37)(H,32,36)(H,33,35). The molecule has 2 aromatic carbocycles. The maximum atomic E-state index is 13.0. The SMILES string of the molecule is CC(C)S(=O)(=O)c1ccccc1NC1=NC(N)(c2cccc(NC(=O)CNC(=O)OC(C)(C)C)c2)Nc2cc[nH]c21. The van der Waals surface area contributed by atoms with Gasteiger partial charge in [-0.2, -0.15) is 0 Å². The topological polar surface area (TPSA) is 180 Å². The van der Waals surface area contributed by atoms with Gasteiger partial charge in [0.25, 0.3) is 0 Å².